The molecule has 0 radical (unpaired) electrons. The van der Waals surface area contributed by atoms with Crippen LogP contribution >= 0.6 is 0 Å². The molecule has 0 bridgehead atoms. The third-order valence-electron chi connectivity index (χ3n) is 5.33. The van der Waals surface area contributed by atoms with Gasteiger partial charge in [-0.15, -0.1) is 0 Å². The van der Waals surface area contributed by atoms with E-state index in [0.29, 0.717) is 11.3 Å². The Morgan fingerprint density at radius 2 is 1.72 bits per heavy atom. The van der Waals surface area contributed by atoms with Gasteiger partial charge in [-0.05, 0) is 36.4 Å². The molecule has 2 aromatic carbocycles. The van der Waals surface area contributed by atoms with E-state index in [1.165, 1.54) is 16.4 Å². The number of nitro groups is 1. The van der Waals surface area contributed by atoms with Gasteiger partial charge in [0.25, 0.3) is 11.6 Å². The summed E-state index contributed by atoms with van der Waals surface area (Å²) >= 11 is 0. The zero-order chi connectivity index (χ0) is 22.9. The van der Waals surface area contributed by atoms with E-state index in [4.69, 9.17) is 4.74 Å². The molecule has 11 heteroatoms. The number of amides is 1. The fourth-order valence-electron chi connectivity index (χ4n) is 3.53. The maximum absolute atomic E-state index is 12.9. The van der Waals surface area contributed by atoms with Crippen LogP contribution < -0.4 is 4.74 Å². The van der Waals surface area contributed by atoms with E-state index in [1.807, 2.05) is 6.07 Å². The lowest BCUT2D eigenvalue weighted by Gasteiger charge is -2.33. The molecule has 1 aliphatic rings. The van der Waals surface area contributed by atoms with Gasteiger partial charge in [0.2, 0.25) is 10.0 Å². The van der Waals surface area contributed by atoms with E-state index >= 15 is 0 Å². The summed E-state index contributed by atoms with van der Waals surface area (Å²) in [5.41, 5.74) is 0.770. The van der Waals surface area contributed by atoms with Crippen molar-refractivity contribution in [2.45, 2.75) is 4.90 Å². The number of sulfonamides is 1. The van der Waals surface area contributed by atoms with Gasteiger partial charge < -0.3 is 9.64 Å². The Morgan fingerprint density at radius 3 is 2.34 bits per heavy atom. The minimum atomic E-state index is -3.81. The van der Waals surface area contributed by atoms with Crippen molar-refractivity contribution in [3.05, 3.63) is 70.4 Å². The predicted molar refractivity (Wildman–Crippen MR) is 116 cm³/mol. The van der Waals surface area contributed by atoms with Crippen LogP contribution in [-0.4, -0.2) is 66.7 Å². The Hall–Kier alpha value is -3.57. The van der Waals surface area contributed by atoms with Crippen molar-refractivity contribution in [3.63, 3.8) is 0 Å². The molecule has 1 saturated heterocycles. The van der Waals surface area contributed by atoms with Gasteiger partial charge in [0.05, 0.1) is 22.4 Å². The molecule has 4 rings (SSSR count). The van der Waals surface area contributed by atoms with Gasteiger partial charge in [-0.2, -0.15) is 4.31 Å². The van der Waals surface area contributed by atoms with Crippen LogP contribution in [0.1, 0.15) is 10.5 Å². The number of pyridine rings is 1. The normalized spacial score (nSPS) is 15.0. The van der Waals surface area contributed by atoms with Crippen molar-refractivity contribution >= 4 is 32.5 Å². The third-order valence-corrected chi connectivity index (χ3v) is 7.24. The van der Waals surface area contributed by atoms with E-state index in [9.17, 15) is 23.3 Å². The molecule has 0 spiro atoms. The molecule has 166 valence electrons. The van der Waals surface area contributed by atoms with Gasteiger partial charge in [0.15, 0.2) is 0 Å². The largest absolute Gasteiger partial charge is 0.497 e. The second kappa shape index (κ2) is 8.52. The highest BCUT2D eigenvalue weighted by Gasteiger charge is 2.31. The summed E-state index contributed by atoms with van der Waals surface area (Å²) in [6.07, 6.45) is 0. The lowest BCUT2D eigenvalue weighted by molar-refractivity contribution is -0.384. The van der Waals surface area contributed by atoms with Crippen LogP contribution in [0.3, 0.4) is 0 Å². The van der Waals surface area contributed by atoms with Crippen LogP contribution in [0.15, 0.2) is 59.5 Å². The topological polar surface area (TPSA) is 123 Å². The molecule has 10 nitrogen and oxygen atoms in total. The summed E-state index contributed by atoms with van der Waals surface area (Å²) in [5, 5.41) is 11.6. The number of non-ortho nitro benzene ring substituents is 1. The van der Waals surface area contributed by atoms with E-state index in [2.05, 4.69) is 4.98 Å². The zero-order valence-electron chi connectivity index (χ0n) is 17.2. The number of benzene rings is 2. The van der Waals surface area contributed by atoms with Crippen LogP contribution in [0.4, 0.5) is 5.69 Å². The molecular formula is C21H20N4O6S. The molecule has 0 saturated carbocycles. The van der Waals surface area contributed by atoms with Crippen LogP contribution in [-0.2, 0) is 10.0 Å². The molecule has 1 aromatic heterocycles. The van der Waals surface area contributed by atoms with Gasteiger partial charge in [-0.1, -0.05) is 6.07 Å². The number of hydrogen-bond donors (Lipinski definition) is 0. The van der Waals surface area contributed by atoms with Crippen molar-refractivity contribution in [2.75, 3.05) is 33.3 Å². The second-order valence-corrected chi connectivity index (χ2v) is 9.14. The maximum atomic E-state index is 12.9. The average Bonchev–Trinajstić information content (AvgIpc) is 2.83. The number of ether oxygens (including phenoxy) is 1. The SMILES string of the molecule is COc1ccc2nc(C(=O)N3CCN(S(=O)(=O)c4ccc([N+](=O)[O-])cc4)CC3)ccc2c1. The summed E-state index contributed by atoms with van der Waals surface area (Å²) in [6.45, 7) is 0.673. The third kappa shape index (κ3) is 4.12. The molecular weight excluding hydrogens is 436 g/mol. The smallest absolute Gasteiger partial charge is 0.272 e. The van der Waals surface area contributed by atoms with E-state index in [1.54, 1.807) is 36.3 Å². The summed E-state index contributed by atoms with van der Waals surface area (Å²) < 4.78 is 32.2. The van der Waals surface area contributed by atoms with Gasteiger partial charge in [0.1, 0.15) is 11.4 Å². The number of hydrogen-bond acceptors (Lipinski definition) is 7. The van der Waals surface area contributed by atoms with Gasteiger partial charge in [-0.3, -0.25) is 14.9 Å². The zero-order valence-corrected chi connectivity index (χ0v) is 18.0. The first kappa shape index (κ1) is 21.7. The molecule has 32 heavy (non-hydrogen) atoms. The van der Waals surface area contributed by atoms with Crippen molar-refractivity contribution in [1.82, 2.24) is 14.2 Å². The van der Waals surface area contributed by atoms with Crippen LogP contribution in [0.25, 0.3) is 10.9 Å². The van der Waals surface area contributed by atoms with Gasteiger partial charge in [-0.25, -0.2) is 13.4 Å². The number of nitrogens with zero attached hydrogens (tertiary/aromatic N) is 4. The molecule has 1 fully saturated rings. The van der Waals surface area contributed by atoms with Crippen LogP contribution in [0.5, 0.6) is 5.75 Å². The first-order valence-electron chi connectivity index (χ1n) is 9.78. The number of rotatable bonds is 5. The molecule has 1 aliphatic heterocycles. The Labute approximate surface area is 184 Å². The fourth-order valence-corrected chi connectivity index (χ4v) is 4.95. The summed E-state index contributed by atoms with van der Waals surface area (Å²) in [5.74, 6) is 0.429. The highest BCUT2D eigenvalue weighted by Crippen LogP contribution is 2.22. The highest BCUT2D eigenvalue weighted by molar-refractivity contribution is 7.89. The molecule has 1 amide bonds. The number of piperazine rings is 1. The van der Waals surface area contributed by atoms with Gasteiger partial charge >= 0.3 is 0 Å². The van der Waals surface area contributed by atoms with Crippen LogP contribution in [0.2, 0.25) is 0 Å². The molecule has 0 unspecified atom stereocenters. The summed E-state index contributed by atoms with van der Waals surface area (Å²) in [4.78, 5) is 29.1. The second-order valence-electron chi connectivity index (χ2n) is 7.20. The van der Waals surface area contributed by atoms with Crippen molar-refractivity contribution in [1.29, 1.82) is 0 Å². The van der Waals surface area contributed by atoms with Crippen molar-refractivity contribution in [3.8, 4) is 5.75 Å². The van der Waals surface area contributed by atoms with Crippen molar-refractivity contribution < 1.29 is 22.9 Å². The lowest BCUT2D eigenvalue weighted by Crippen LogP contribution is -2.50. The minimum absolute atomic E-state index is 0.0190. The average molecular weight is 456 g/mol. The number of carbonyl (C=O) groups excluding carboxylic acids is 1. The predicted octanol–water partition coefficient (Wildman–Crippen LogP) is 2.30. The molecule has 0 N–H and O–H groups in total. The fraction of sp³-hybridized carbons (Fsp3) is 0.238. The van der Waals surface area contributed by atoms with Gasteiger partial charge in [0, 0.05) is 43.7 Å². The Morgan fingerprint density at radius 1 is 1.03 bits per heavy atom. The quantitative estimate of drug-likeness (QED) is 0.426. The number of methoxy groups -OCH3 is 1. The Balaban J connectivity index is 1.45. The molecule has 0 atom stereocenters. The van der Waals surface area contributed by atoms with E-state index < -0.39 is 14.9 Å². The Kier molecular flexibility index (Phi) is 5.76. The first-order valence-corrected chi connectivity index (χ1v) is 11.2. The first-order chi connectivity index (χ1) is 15.3. The summed E-state index contributed by atoms with van der Waals surface area (Å²) in [7, 11) is -2.23. The maximum Gasteiger partial charge on any atom is 0.272 e. The lowest BCUT2D eigenvalue weighted by atomic mass is 10.2. The number of nitro benzene ring substituents is 1. The van der Waals surface area contributed by atoms with E-state index in [0.717, 1.165) is 17.5 Å². The number of fused-ring (bicyclic) bond motifs is 1. The monoisotopic (exact) mass is 456 g/mol. The standard InChI is InChI=1S/C21H20N4O6S/c1-31-17-5-9-19-15(14-17)2-8-20(22-19)21(26)23-10-12-24(13-11-23)32(29,30)18-6-3-16(4-7-18)25(27)28/h2-9,14H,10-13H2,1H3. The molecule has 3 aromatic rings. The minimum Gasteiger partial charge on any atom is -0.497 e. The van der Waals surface area contributed by atoms with Crippen molar-refractivity contribution in [2.24, 2.45) is 0 Å². The van der Waals surface area contributed by atoms with Crippen LogP contribution in [0, 0.1) is 10.1 Å². The number of carbonyl (C=O) groups is 1. The summed E-state index contributed by atoms with van der Waals surface area (Å²) in [6, 6.07) is 13.6. The highest BCUT2D eigenvalue weighted by atomic mass is 32.2. The molecule has 0 aliphatic carbocycles. The van der Waals surface area contributed by atoms with E-state index in [-0.39, 0.29) is 48.4 Å². The molecule has 2 heterocycles. The Bertz CT molecular complexity index is 1290. The number of aromatic nitrogens is 1.